The van der Waals surface area contributed by atoms with Crippen molar-refractivity contribution in [2.24, 2.45) is 0 Å². The smallest absolute Gasteiger partial charge is 0.315 e. The molecule has 2 rings (SSSR count). The van der Waals surface area contributed by atoms with Crippen LogP contribution in [0.3, 0.4) is 0 Å². The molecule has 3 N–H and O–H groups in total. The SMILES string of the molecule is O=C(O)CC1(NC(=O)NCc2ccccc2Cl)CCCC1. The first-order valence-corrected chi connectivity index (χ1v) is 7.40. The van der Waals surface area contributed by atoms with E-state index in [0.29, 0.717) is 24.4 Å². The zero-order chi connectivity index (χ0) is 15.3. The summed E-state index contributed by atoms with van der Waals surface area (Å²) in [4.78, 5) is 23.0. The number of nitrogens with one attached hydrogen (secondary N) is 2. The molecule has 0 aliphatic heterocycles. The highest BCUT2D eigenvalue weighted by Crippen LogP contribution is 2.32. The van der Waals surface area contributed by atoms with Crippen LogP contribution >= 0.6 is 11.6 Å². The number of hydrogen-bond donors (Lipinski definition) is 3. The lowest BCUT2D eigenvalue weighted by Crippen LogP contribution is -2.51. The van der Waals surface area contributed by atoms with E-state index in [9.17, 15) is 9.59 Å². The maximum absolute atomic E-state index is 12.0. The molecule has 1 aliphatic carbocycles. The van der Waals surface area contributed by atoms with E-state index in [1.165, 1.54) is 0 Å². The average Bonchev–Trinajstić information content (AvgIpc) is 2.85. The van der Waals surface area contributed by atoms with E-state index >= 15 is 0 Å². The van der Waals surface area contributed by atoms with Crippen molar-refractivity contribution in [2.45, 2.75) is 44.2 Å². The fourth-order valence-electron chi connectivity index (χ4n) is 2.79. The van der Waals surface area contributed by atoms with Crippen LogP contribution in [0.15, 0.2) is 24.3 Å². The predicted molar refractivity (Wildman–Crippen MR) is 80.3 cm³/mol. The molecule has 0 atom stereocenters. The maximum atomic E-state index is 12.0. The molecule has 0 spiro atoms. The van der Waals surface area contributed by atoms with E-state index in [-0.39, 0.29) is 12.5 Å². The molecule has 2 amide bonds. The van der Waals surface area contributed by atoms with E-state index in [4.69, 9.17) is 16.7 Å². The average molecular weight is 311 g/mol. The van der Waals surface area contributed by atoms with Crippen molar-refractivity contribution >= 4 is 23.6 Å². The minimum atomic E-state index is -0.886. The Morgan fingerprint density at radius 1 is 1.24 bits per heavy atom. The van der Waals surface area contributed by atoms with Crippen molar-refractivity contribution in [1.29, 1.82) is 0 Å². The van der Waals surface area contributed by atoms with E-state index in [2.05, 4.69) is 10.6 Å². The first-order valence-electron chi connectivity index (χ1n) is 7.02. The summed E-state index contributed by atoms with van der Waals surface area (Å²) in [7, 11) is 0. The molecule has 5 nitrogen and oxygen atoms in total. The number of carboxylic acids is 1. The minimum Gasteiger partial charge on any atom is -0.481 e. The fourth-order valence-corrected chi connectivity index (χ4v) is 2.99. The molecule has 0 aromatic heterocycles. The van der Waals surface area contributed by atoms with E-state index < -0.39 is 11.5 Å². The van der Waals surface area contributed by atoms with Gasteiger partial charge in [-0.3, -0.25) is 4.79 Å². The molecule has 21 heavy (non-hydrogen) atoms. The molecule has 1 saturated carbocycles. The summed E-state index contributed by atoms with van der Waals surface area (Å²) in [6.07, 6.45) is 3.26. The van der Waals surface area contributed by atoms with Crippen LogP contribution in [0, 0.1) is 0 Å². The number of rotatable bonds is 5. The summed E-state index contributed by atoms with van der Waals surface area (Å²) in [5.41, 5.74) is 0.212. The molecular weight excluding hydrogens is 292 g/mol. The van der Waals surface area contributed by atoms with Crippen molar-refractivity contribution in [2.75, 3.05) is 0 Å². The van der Waals surface area contributed by atoms with Gasteiger partial charge in [-0.2, -0.15) is 0 Å². The Labute approximate surface area is 128 Å². The molecule has 0 saturated heterocycles. The second-order valence-corrected chi connectivity index (χ2v) is 5.86. The second kappa shape index (κ2) is 6.80. The number of carbonyl (C=O) groups is 2. The first-order chi connectivity index (χ1) is 10.0. The second-order valence-electron chi connectivity index (χ2n) is 5.46. The van der Waals surface area contributed by atoms with Gasteiger partial charge in [-0.25, -0.2) is 4.79 Å². The molecule has 114 valence electrons. The number of aliphatic carboxylic acids is 1. The molecule has 1 aromatic rings. The van der Waals surface area contributed by atoms with Crippen molar-refractivity contribution in [3.05, 3.63) is 34.9 Å². The Morgan fingerprint density at radius 2 is 1.90 bits per heavy atom. The highest BCUT2D eigenvalue weighted by molar-refractivity contribution is 6.31. The zero-order valence-electron chi connectivity index (χ0n) is 11.7. The van der Waals surface area contributed by atoms with Crippen LogP contribution in [0.4, 0.5) is 4.79 Å². The standard InChI is InChI=1S/C15H19ClN2O3/c16-12-6-2-1-5-11(12)10-17-14(21)18-15(9-13(19)20)7-3-4-8-15/h1-2,5-6H,3-4,7-10H2,(H,19,20)(H2,17,18,21). The van der Waals surface area contributed by atoms with Gasteiger partial charge in [0.25, 0.3) is 0 Å². The molecule has 1 aliphatic rings. The number of carbonyl (C=O) groups excluding carboxylic acids is 1. The normalized spacial score (nSPS) is 16.4. The van der Waals surface area contributed by atoms with Crippen LogP contribution in [-0.4, -0.2) is 22.6 Å². The van der Waals surface area contributed by atoms with Crippen LogP contribution in [0.2, 0.25) is 5.02 Å². The number of halogens is 1. The lowest BCUT2D eigenvalue weighted by Gasteiger charge is -2.28. The highest BCUT2D eigenvalue weighted by atomic mass is 35.5. The third-order valence-corrected chi connectivity index (χ3v) is 4.19. The van der Waals surface area contributed by atoms with Gasteiger partial charge in [0.05, 0.1) is 12.0 Å². The molecule has 0 unspecified atom stereocenters. The zero-order valence-corrected chi connectivity index (χ0v) is 12.4. The molecule has 0 bridgehead atoms. The van der Waals surface area contributed by atoms with Crippen LogP contribution in [0.1, 0.15) is 37.7 Å². The summed E-state index contributed by atoms with van der Waals surface area (Å²) in [6, 6.07) is 6.93. The van der Waals surface area contributed by atoms with E-state index in [1.54, 1.807) is 6.07 Å². The van der Waals surface area contributed by atoms with Crippen molar-refractivity contribution in [3.63, 3.8) is 0 Å². The fraction of sp³-hybridized carbons (Fsp3) is 0.467. The quantitative estimate of drug-likeness (QED) is 0.782. The van der Waals surface area contributed by atoms with Crippen molar-refractivity contribution in [1.82, 2.24) is 10.6 Å². The van der Waals surface area contributed by atoms with Crippen LogP contribution in [0.25, 0.3) is 0 Å². The van der Waals surface area contributed by atoms with E-state index in [0.717, 1.165) is 18.4 Å². The van der Waals surface area contributed by atoms with Gasteiger partial charge in [0, 0.05) is 11.6 Å². The summed E-state index contributed by atoms with van der Waals surface area (Å²) >= 11 is 6.02. The van der Waals surface area contributed by atoms with Gasteiger partial charge in [-0.05, 0) is 24.5 Å². The van der Waals surface area contributed by atoms with Gasteiger partial charge >= 0.3 is 12.0 Å². The molecule has 1 aromatic carbocycles. The van der Waals surface area contributed by atoms with Gasteiger partial charge in [0.15, 0.2) is 0 Å². The predicted octanol–water partition coefficient (Wildman–Crippen LogP) is 2.93. The molecule has 0 radical (unpaired) electrons. The lowest BCUT2D eigenvalue weighted by molar-refractivity contribution is -0.138. The summed E-state index contributed by atoms with van der Waals surface area (Å²) in [5.74, 6) is -0.886. The highest BCUT2D eigenvalue weighted by Gasteiger charge is 2.37. The number of hydrogen-bond acceptors (Lipinski definition) is 2. The Bertz CT molecular complexity index is 527. The van der Waals surface area contributed by atoms with Gasteiger partial charge in [0.1, 0.15) is 0 Å². The molecule has 0 heterocycles. The summed E-state index contributed by atoms with van der Waals surface area (Å²) in [5, 5.41) is 15.2. The van der Waals surface area contributed by atoms with Crippen LogP contribution in [0.5, 0.6) is 0 Å². The Kier molecular flexibility index (Phi) is 5.07. The number of carboxylic acid groups (broad SMARTS) is 1. The topological polar surface area (TPSA) is 78.4 Å². The first kappa shape index (κ1) is 15.6. The maximum Gasteiger partial charge on any atom is 0.315 e. The molecule has 1 fully saturated rings. The third kappa shape index (κ3) is 4.36. The summed E-state index contributed by atoms with van der Waals surface area (Å²) in [6.45, 7) is 0.314. The number of benzene rings is 1. The largest absolute Gasteiger partial charge is 0.481 e. The van der Waals surface area contributed by atoms with Gasteiger partial charge in [-0.15, -0.1) is 0 Å². The minimum absolute atomic E-state index is 0.0352. The van der Waals surface area contributed by atoms with E-state index in [1.807, 2.05) is 18.2 Å². The van der Waals surface area contributed by atoms with Gasteiger partial charge in [-0.1, -0.05) is 42.6 Å². The Morgan fingerprint density at radius 3 is 2.52 bits per heavy atom. The molecule has 6 heteroatoms. The Hall–Kier alpha value is -1.75. The number of amides is 2. The van der Waals surface area contributed by atoms with Crippen molar-refractivity contribution < 1.29 is 14.7 Å². The van der Waals surface area contributed by atoms with Gasteiger partial charge in [0.2, 0.25) is 0 Å². The summed E-state index contributed by atoms with van der Waals surface area (Å²) < 4.78 is 0. The number of urea groups is 1. The third-order valence-electron chi connectivity index (χ3n) is 3.83. The molecular formula is C15H19ClN2O3. The lowest BCUT2D eigenvalue weighted by atomic mass is 9.93. The monoisotopic (exact) mass is 310 g/mol. The van der Waals surface area contributed by atoms with Crippen molar-refractivity contribution in [3.8, 4) is 0 Å². The van der Waals surface area contributed by atoms with Crippen LogP contribution < -0.4 is 10.6 Å². The Balaban J connectivity index is 1.91. The van der Waals surface area contributed by atoms with Crippen LogP contribution in [-0.2, 0) is 11.3 Å². The van der Waals surface area contributed by atoms with Gasteiger partial charge < -0.3 is 15.7 Å².